The maximum absolute atomic E-state index is 4.47. The number of hydrogen-bond acceptors (Lipinski definition) is 2. The zero-order chi connectivity index (χ0) is 15.7. The van der Waals surface area contributed by atoms with Crippen molar-refractivity contribution in [1.29, 1.82) is 0 Å². The van der Waals surface area contributed by atoms with Crippen LogP contribution >= 0.6 is 0 Å². The van der Waals surface area contributed by atoms with Crippen molar-refractivity contribution in [1.82, 2.24) is 20.0 Å². The molecule has 5 heteroatoms. The fraction of sp³-hybridized carbons (Fsp3) is 0.625. The number of aliphatic imine (C=N–C) groups is 1. The highest BCUT2D eigenvalue weighted by Crippen LogP contribution is 2.02. The summed E-state index contributed by atoms with van der Waals surface area (Å²) in [4.78, 5) is 6.48. The zero-order valence-electron chi connectivity index (χ0n) is 13.9. The Bertz CT molecular complexity index is 461. The van der Waals surface area contributed by atoms with Gasteiger partial charge in [-0.3, -0.25) is 9.67 Å². The summed E-state index contributed by atoms with van der Waals surface area (Å²) in [6.07, 6.45) is 5.13. The van der Waals surface area contributed by atoms with Gasteiger partial charge < -0.3 is 10.2 Å². The van der Waals surface area contributed by atoms with Crippen LogP contribution in [0, 0.1) is 13.8 Å². The van der Waals surface area contributed by atoms with Crippen LogP contribution in [-0.4, -0.2) is 47.8 Å². The summed E-state index contributed by atoms with van der Waals surface area (Å²) in [5, 5.41) is 7.87. The molecule has 1 aromatic rings. The minimum Gasteiger partial charge on any atom is -0.356 e. The molecule has 0 unspecified atom stereocenters. The normalized spacial score (nSPS) is 11.5. The maximum Gasteiger partial charge on any atom is 0.193 e. The number of aryl methyl sites for hydroxylation is 3. The standard InChI is InChI=1S/C16H29N5/c1-6-7-8-11-20(5)16(17-4)18-10-9-12-21-15(3)13-14(2)19-21/h6,13H,1,7-12H2,2-5H3,(H,17,18). The fourth-order valence-corrected chi connectivity index (χ4v) is 2.29. The Hall–Kier alpha value is -1.78. The second kappa shape index (κ2) is 9.21. The molecule has 118 valence electrons. The molecule has 0 radical (unpaired) electrons. The van der Waals surface area contributed by atoms with Gasteiger partial charge in [-0.25, -0.2) is 0 Å². The van der Waals surface area contributed by atoms with Crippen molar-refractivity contribution >= 4 is 5.96 Å². The van der Waals surface area contributed by atoms with E-state index in [2.05, 4.69) is 51.6 Å². The molecule has 1 aromatic heterocycles. The highest BCUT2D eigenvalue weighted by Gasteiger charge is 2.05. The molecule has 0 atom stereocenters. The van der Waals surface area contributed by atoms with Gasteiger partial charge in [-0.05, 0) is 39.2 Å². The molecule has 0 spiro atoms. The second-order valence-corrected chi connectivity index (χ2v) is 5.33. The lowest BCUT2D eigenvalue weighted by atomic mass is 10.3. The number of nitrogens with one attached hydrogen (secondary N) is 1. The molecular formula is C16H29N5. The lowest BCUT2D eigenvalue weighted by Gasteiger charge is -2.21. The number of rotatable bonds is 8. The first-order valence-corrected chi connectivity index (χ1v) is 7.62. The van der Waals surface area contributed by atoms with Crippen molar-refractivity contribution in [3.8, 4) is 0 Å². The van der Waals surface area contributed by atoms with Gasteiger partial charge in [0.15, 0.2) is 5.96 Å². The third-order valence-corrected chi connectivity index (χ3v) is 3.41. The van der Waals surface area contributed by atoms with E-state index >= 15 is 0 Å². The molecule has 0 aliphatic carbocycles. The van der Waals surface area contributed by atoms with Crippen LogP contribution < -0.4 is 5.32 Å². The van der Waals surface area contributed by atoms with Crippen molar-refractivity contribution in [3.05, 3.63) is 30.1 Å². The highest BCUT2D eigenvalue weighted by atomic mass is 15.3. The van der Waals surface area contributed by atoms with E-state index in [1.165, 1.54) is 5.69 Å². The molecule has 1 heterocycles. The van der Waals surface area contributed by atoms with Gasteiger partial charge in [0, 0.05) is 39.4 Å². The van der Waals surface area contributed by atoms with Crippen molar-refractivity contribution < 1.29 is 0 Å². The molecule has 0 bridgehead atoms. The summed E-state index contributed by atoms with van der Waals surface area (Å²) in [5.41, 5.74) is 2.30. The summed E-state index contributed by atoms with van der Waals surface area (Å²) in [6.45, 7) is 10.7. The van der Waals surface area contributed by atoms with Gasteiger partial charge >= 0.3 is 0 Å². The molecule has 0 fully saturated rings. The van der Waals surface area contributed by atoms with E-state index in [1.807, 2.05) is 20.0 Å². The maximum atomic E-state index is 4.47. The third-order valence-electron chi connectivity index (χ3n) is 3.41. The lowest BCUT2D eigenvalue weighted by Crippen LogP contribution is -2.40. The van der Waals surface area contributed by atoms with Crippen LogP contribution in [0.25, 0.3) is 0 Å². The topological polar surface area (TPSA) is 45.5 Å². The molecule has 0 aliphatic heterocycles. The molecule has 1 rings (SSSR count). The average molecular weight is 291 g/mol. The molecule has 1 N–H and O–H groups in total. The number of allylic oxidation sites excluding steroid dienone is 1. The second-order valence-electron chi connectivity index (χ2n) is 5.33. The largest absolute Gasteiger partial charge is 0.356 e. The summed E-state index contributed by atoms with van der Waals surface area (Å²) < 4.78 is 2.06. The number of nitrogens with zero attached hydrogens (tertiary/aromatic N) is 4. The van der Waals surface area contributed by atoms with Crippen molar-refractivity contribution in [2.75, 3.05) is 27.2 Å². The van der Waals surface area contributed by atoms with Crippen LogP contribution in [0.3, 0.4) is 0 Å². The van der Waals surface area contributed by atoms with Crippen LogP contribution in [0.2, 0.25) is 0 Å². The van der Waals surface area contributed by atoms with Crippen LogP contribution in [0.4, 0.5) is 0 Å². The fourth-order valence-electron chi connectivity index (χ4n) is 2.29. The summed E-state index contributed by atoms with van der Waals surface area (Å²) >= 11 is 0. The molecule has 0 aliphatic rings. The van der Waals surface area contributed by atoms with Crippen molar-refractivity contribution in [3.63, 3.8) is 0 Å². The van der Waals surface area contributed by atoms with Gasteiger partial charge in [0.05, 0.1) is 5.69 Å². The molecule has 0 amide bonds. The SMILES string of the molecule is C=CCCCN(C)C(=NC)NCCCn1nc(C)cc1C. The van der Waals surface area contributed by atoms with E-state index in [4.69, 9.17) is 0 Å². The first kappa shape index (κ1) is 17.3. The Balaban J connectivity index is 2.29. The smallest absolute Gasteiger partial charge is 0.193 e. The number of hydrogen-bond donors (Lipinski definition) is 1. The predicted octanol–water partition coefficient (Wildman–Crippen LogP) is 2.36. The molecule has 0 aromatic carbocycles. The first-order valence-electron chi connectivity index (χ1n) is 7.62. The number of unbranched alkanes of at least 4 members (excludes halogenated alkanes) is 1. The van der Waals surface area contributed by atoms with Crippen molar-refractivity contribution in [2.45, 2.75) is 39.7 Å². The van der Waals surface area contributed by atoms with Crippen molar-refractivity contribution in [2.24, 2.45) is 4.99 Å². The molecule has 0 saturated carbocycles. The van der Waals surface area contributed by atoms with Gasteiger partial charge in [0.2, 0.25) is 0 Å². The minimum absolute atomic E-state index is 0.900. The quantitative estimate of drug-likeness (QED) is 0.346. The third kappa shape index (κ3) is 6.02. The van der Waals surface area contributed by atoms with Gasteiger partial charge in [-0.2, -0.15) is 5.10 Å². The monoisotopic (exact) mass is 291 g/mol. The van der Waals surface area contributed by atoms with E-state index < -0.39 is 0 Å². The number of aromatic nitrogens is 2. The van der Waals surface area contributed by atoms with Crippen LogP contribution in [-0.2, 0) is 6.54 Å². The van der Waals surface area contributed by atoms with E-state index in [0.717, 1.165) is 50.6 Å². The Morgan fingerprint density at radius 1 is 1.48 bits per heavy atom. The summed E-state index contributed by atoms with van der Waals surface area (Å²) in [6, 6.07) is 2.11. The Labute approximate surface area is 128 Å². The Morgan fingerprint density at radius 3 is 2.81 bits per heavy atom. The van der Waals surface area contributed by atoms with Crippen LogP contribution in [0.1, 0.15) is 30.7 Å². The molecule has 5 nitrogen and oxygen atoms in total. The van der Waals surface area contributed by atoms with E-state index in [1.54, 1.807) is 0 Å². The van der Waals surface area contributed by atoms with Gasteiger partial charge in [-0.15, -0.1) is 6.58 Å². The highest BCUT2D eigenvalue weighted by molar-refractivity contribution is 5.79. The molecule has 21 heavy (non-hydrogen) atoms. The van der Waals surface area contributed by atoms with E-state index in [9.17, 15) is 0 Å². The Morgan fingerprint density at radius 2 is 2.24 bits per heavy atom. The van der Waals surface area contributed by atoms with Gasteiger partial charge in [-0.1, -0.05) is 6.08 Å². The van der Waals surface area contributed by atoms with Crippen LogP contribution in [0.5, 0.6) is 0 Å². The summed E-state index contributed by atoms with van der Waals surface area (Å²) in [5.74, 6) is 0.951. The molecule has 0 saturated heterocycles. The van der Waals surface area contributed by atoms with Crippen LogP contribution in [0.15, 0.2) is 23.7 Å². The number of guanidine groups is 1. The first-order chi connectivity index (χ1) is 10.1. The Kier molecular flexibility index (Phi) is 7.58. The molecular weight excluding hydrogens is 262 g/mol. The van der Waals surface area contributed by atoms with E-state index in [-0.39, 0.29) is 0 Å². The summed E-state index contributed by atoms with van der Waals surface area (Å²) in [7, 11) is 3.90. The zero-order valence-corrected chi connectivity index (χ0v) is 13.9. The predicted molar refractivity (Wildman–Crippen MR) is 89.7 cm³/mol. The minimum atomic E-state index is 0.900. The van der Waals surface area contributed by atoms with E-state index in [0.29, 0.717) is 0 Å². The lowest BCUT2D eigenvalue weighted by molar-refractivity contribution is 0.465. The average Bonchev–Trinajstić information content (AvgIpc) is 2.77. The van der Waals surface area contributed by atoms with Gasteiger partial charge in [0.1, 0.15) is 0 Å². The van der Waals surface area contributed by atoms with Gasteiger partial charge in [0.25, 0.3) is 0 Å².